The molecule has 2 heterocycles. The van der Waals surface area contributed by atoms with Crippen LogP contribution in [0, 0.1) is 12.7 Å². The van der Waals surface area contributed by atoms with Crippen molar-refractivity contribution in [3.05, 3.63) is 58.3 Å². The zero-order valence-corrected chi connectivity index (χ0v) is 13.7. The molecule has 0 radical (unpaired) electrons. The van der Waals surface area contributed by atoms with Crippen molar-refractivity contribution in [1.29, 1.82) is 0 Å². The summed E-state index contributed by atoms with van der Waals surface area (Å²) in [5.74, 6) is -0.463. The largest absolute Gasteiger partial charge is 0.347 e. The SMILES string of the molecule is C=N/C(=C\C)c1c(Cl)c(F)c(Cn2cccc2C)c2[nH]ncc12. The van der Waals surface area contributed by atoms with Crippen LogP contribution in [0.15, 0.2) is 35.6 Å². The van der Waals surface area contributed by atoms with Gasteiger partial charge in [-0.25, -0.2) is 4.39 Å². The molecule has 0 aliphatic rings. The van der Waals surface area contributed by atoms with Crippen LogP contribution in [0.25, 0.3) is 16.6 Å². The summed E-state index contributed by atoms with van der Waals surface area (Å²) in [6, 6.07) is 3.89. The summed E-state index contributed by atoms with van der Waals surface area (Å²) in [6.07, 6.45) is 5.29. The molecule has 0 bridgehead atoms. The van der Waals surface area contributed by atoms with Gasteiger partial charge in [-0.05, 0) is 32.7 Å². The highest BCUT2D eigenvalue weighted by molar-refractivity contribution is 6.34. The number of rotatable bonds is 4. The Labute approximate surface area is 138 Å². The van der Waals surface area contributed by atoms with Gasteiger partial charge in [0, 0.05) is 28.4 Å². The lowest BCUT2D eigenvalue weighted by atomic mass is 10.0. The molecule has 0 fully saturated rings. The van der Waals surface area contributed by atoms with E-state index < -0.39 is 5.82 Å². The molecule has 0 unspecified atom stereocenters. The predicted molar refractivity (Wildman–Crippen MR) is 92.5 cm³/mol. The summed E-state index contributed by atoms with van der Waals surface area (Å²) in [5, 5.41) is 7.71. The molecule has 23 heavy (non-hydrogen) atoms. The maximum absolute atomic E-state index is 14.9. The number of aromatic nitrogens is 3. The first kappa shape index (κ1) is 15.5. The van der Waals surface area contributed by atoms with Crippen LogP contribution < -0.4 is 0 Å². The van der Waals surface area contributed by atoms with Crippen molar-refractivity contribution in [3.8, 4) is 0 Å². The zero-order chi connectivity index (χ0) is 16.6. The van der Waals surface area contributed by atoms with Gasteiger partial charge in [-0.3, -0.25) is 10.1 Å². The Balaban J connectivity index is 2.28. The van der Waals surface area contributed by atoms with Gasteiger partial charge in [-0.15, -0.1) is 0 Å². The van der Waals surface area contributed by atoms with Crippen LogP contribution in [0.1, 0.15) is 23.7 Å². The number of fused-ring (bicyclic) bond motifs is 1. The topological polar surface area (TPSA) is 46.0 Å². The Morgan fingerprint density at radius 3 is 2.96 bits per heavy atom. The molecule has 0 saturated heterocycles. The van der Waals surface area contributed by atoms with E-state index >= 15 is 0 Å². The quantitative estimate of drug-likeness (QED) is 0.699. The van der Waals surface area contributed by atoms with Crippen molar-refractivity contribution in [2.75, 3.05) is 0 Å². The molecule has 0 aliphatic heterocycles. The molecule has 0 atom stereocenters. The van der Waals surface area contributed by atoms with Gasteiger partial charge in [0.15, 0.2) is 0 Å². The molecule has 3 aromatic rings. The normalized spacial score (nSPS) is 12.1. The van der Waals surface area contributed by atoms with E-state index in [1.165, 1.54) is 0 Å². The molecule has 0 amide bonds. The standard InChI is InChI=1S/C17H16ClFN4/c1-4-13(20-3)14-11-8-21-22-17(11)12(16(19)15(14)18)9-23-7-5-6-10(23)2/h4-8H,3,9H2,1-2H3,(H,21,22)/b13-4-. The van der Waals surface area contributed by atoms with Gasteiger partial charge in [0.05, 0.1) is 29.0 Å². The monoisotopic (exact) mass is 330 g/mol. The van der Waals surface area contributed by atoms with Gasteiger partial charge in [0.1, 0.15) is 5.82 Å². The summed E-state index contributed by atoms with van der Waals surface area (Å²) in [7, 11) is 0. The van der Waals surface area contributed by atoms with Crippen LogP contribution in [-0.4, -0.2) is 21.5 Å². The predicted octanol–water partition coefficient (Wildman–Crippen LogP) is 4.58. The Kier molecular flexibility index (Phi) is 4.05. The second-order valence-electron chi connectivity index (χ2n) is 5.25. The Hall–Kier alpha value is -2.40. The molecule has 118 valence electrons. The van der Waals surface area contributed by atoms with E-state index in [0.29, 0.717) is 28.9 Å². The van der Waals surface area contributed by atoms with E-state index in [9.17, 15) is 4.39 Å². The highest BCUT2D eigenvalue weighted by Crippen LogP contribution is 2.37. The van der Waals surface area contributed by atoms with Gasteiger partial charge in [-0.2, -0.15) is 5.10 Å². The number of aryl methyl sites for hydroxylation is 1. The van der Waals surface area contributed by atoms with E-state index in [4.69, 9.17) is 11.6 Å². The lowest BCUT2D eigenvalue weighted by Crippen LogP contribution is -2.05. The maximum atomic E-state index is 14.9. The zero-order valence-electron chi connectivity index (χ0n) is 12.9. The number of H-pyrrole nitrogens is 1. The van der Waals surface area contributed by atoms with Gasteiger partial charge in [0.25, 0.3) is 0 Å². The second kappa shape index (κ2) is 6.01. The highest BCUT2D eigenvalue weighted by atomic mass is 35.5. The van der Waals surface area contributed by atoms with Crippen molar-refractivity contribution in [2.24, 2.45) is 4.99 Å². The summed E-state index contributed by atoms with van der Waals surface area (Å²) in [6.45, 7) is 7.68. The van der Waals surface area contributed by atoms with E-state index in [1.54, 1.807) is 19.2 Å². The molecule has 0 saturated carbocycles. The van der Waals surface area contributed by atoms with Crippen LogP contribution in [0.4, 0.5) is 4.39 Å². The van der Waals surface area contributed by atoms with E-state index in [2.05, 4.69) is 21.9 Å². The maximum Gasteiger partial charge on any atom is 0.149 e. The van der Waals surface area contributed by atoms with Crippen LogP contribution in [0.2, 0.25) is 5.02 Å². The molecule has 1 aromatic carbocycles. The summed E-state index contributed by atoms with van der Waals surface area (Å²) >= 11 is 6.31. The van der Waals surface area contributed by atoms with Crippen molar-refractivity contribution >= 4 is 34.9 Å². The lowest BCUT2D eigenvalue weighted by molar-refractivity contribution is 0.601. The first-order valence-electron chi connectivity index (χ1n) is 7.16. The minimum Gasteiger partial charge on any atom is -0.347 e. The fourth-order valence-corrected chi connectivity index (χ4v) is 3.05. The van der Waals surface area contributed by atoms with Crippen molar-refractivity contribution < 1.29 is 4.39 Å². The molecule has 4 nitrogen and oxygen atoms in total. The van der Waals surface area contributed by atoms with Crippen LogP contribution in [0.3, 0.4) is 0 Å². The summed E-state index contributed by atoms with van der Waals surface area (Å²) in [4.78, 5) is 3.94. The summed E-state index contributed by atoms with van der Waals surface area (Å²) < 4.78 is 16.9. The fourth-order valence-electron chi connectivity index (χ4n) is 2.74. The van der Waals surface area contributed by atoms with Crippen molar-refractivity contribution in [2.45, 2.75) is 20.4 Å². The van der Waals surface area contributed by atoms with E-state index in [0.717, 1.165) is 11.1 Å². The third-order valence-corrected chi connectivity index (χ3v) is 4.33. The second-order valence-corrected chi connectivity index (χ2v) is 5.63. The molecule has 0 aliphatic carbocycles. The van der Waals surface area contributed by atoms with Gasteiger partial charge < -0.3 is 4.57 Å². The Morgan fingerprint density at radius 2 is 2.35 bits per heavy atom. The number of hydrogen-bond donors (Lipinski definition) is 1. The third-order valence-electron chi connectivity index (χ3n) is 3.97. The van der Waals surface area contributed by atoms with Gasteiger partial charge in [-0.1, -0.05) is 17.7 Å². The van der Waals surface area contributed by atoms with Crippen LogP contribution >= 0.6 is 11.6 Å². The van der Waals surface area contributed by atoms with Crippen molar-refractivity contribution in [3.63, 3.8) is 0 Å². The first-order valence-corrected chi connectivity index (χ1v) is 7.54. The number of aliphatic imine (C=N–C) groups is 1. The number of halogens is 2. The smallest absolute Gasteiger partial charge is 0.149 e. The minimum absolute atomic E-state index is 0.0409. The molecular formula is C17H16ClFN4. The number of nitrogens with zero attached hydrogens (tertiary/aromatic N) is 3. The first-order chi connectivity index (χ1) is 11.1. The summed E-state index contributed by atoms with van der Waals surface area (Å²) in [5.41, 5.74) is 3.18. The Morgan fingerprint density at radius 1 is 1.57 bits per heavy atom. The number of hydrogen-bond acceptors (Lipinski definition) is 2. The number of nitrogens with one attached hydrogen (secondary N) is 1. The van der Waals surface area contributed by atoms with Gasteiger partial charge >= 0.3 is 0 Å². The van der Waals surface area contributed by atoms with E-state index in [-0.39, 0.29) is 5.02 Å². The fraction of sp³-hybridized carbons (Fsp3) is 0.176. The number of benzene rings is 1. The van der Waals surface area contributed by atoms with Gasteiger partial charge in [0.2, 0.25) is 0 Å². The van der Waals surface area contributed by atoms with E-state index in [1.807, 2.05) is 29.8 Å². The Bertz CT molecular complexity index is 920. The van der Waals surface area contributed by atoms with Crippen LogP contribution in [0.5, 0.6) is 0 Å². The highest BCUT2D eigenvalue weighted by Gasteiger charge is 2.22. The molecule has 3 rings (SSSR count). The average molecular weight is 331 g/mol. The van der Waals surface area contributed by atoms with Crippen molar-refractivity contribution in [1.82, 2.24) is 14.8 Å². The lowest BCUT2D eigenvalue weighted by Gasteiger charge is -2.14. The minimum atomic E-state index is -0.463. The molecule has 0 spiro atoms. The number of allylic oxidation sites excluding steroid dienone is 1. The molecule has 2 aromatic heterocycles. The third kappa shape index (κ3) is 2.47. The number of aromatic amines is 1. The van der Waals surface area contributed by atoms with Crippen LogP contribution in [-0.2, 0) is 6.54 Å². The molecule has 6 heteroatoms. The average Bonchev–Trinajstić information content (AvgIpc) is 3.17. The molecular weight excluding hydrogens is 315 g/mol. The molecule has 1 N–H and O–H groups in total.